The summed E-state index contributed by atoms with van der Waals surface area (Å²) in [4.78, 5) is 3.34. The van der Waals surface area contributed by atoms with E-state index in [9.17, 15) is 26.3 Å². The van der Waals surface area contributed by atoms with Crippen LogP contribution in [0.25, 0.3) is 10.9 Å². The maximum Gasteiger partial charge on any atom is 0.430 e. The van der Waals surface area contributed by atoms with Crippen molar-refractivity contribution in [1.29, 1.82) is 0 Å². The van der Waals surface area contributed by atoms with Crippen molar-refractivity contribution in [3.63, 3.8) is 0 Å². The fraction of sp³-hybridized carbons (Fsp3) is 0.516. The van der Waals surface area contributed by atoms with Crippen LogP contribution in [0.4, 0.5) is 26.3 Å². The standard InChI is InChI=1S/C31H37F6NO3/c1-7-28(8-2,26-13-14-27(23(4)20-26)40-18-10-9-17-38-5)25-12-11-24(22(3)19-25)15-16-29(30(32,33)34,31(35,36)37)41-21-39-6/h11-16,19-20H,7-10,17-18,21H2,1-4,6H3/b16-15+. The molecule has 2 aromatic carbocycles. The van der Waals surface area contributed by atoms with Crippen molar-refractivity contribution in [3.8, 4) is 5.75 Å². The van der Waals surface area contributed by atoms with Crippen molar-refractivity contribution in [3.05, 3.63) is 81.7 Å². The SMILES string of the molecule is [C-]#[N+]CCCCOc1ccc(C(CC)(CC)c2ccc(/C=C/C(OCOC)(C(F)(F)F)C(F)(F)F)c(C)c2)cc1C. The van der Waals surface area contributed by atoms with E-state index in [0.29, 0.717) is 31.6 Å². The van der Waals surface area contributed by atoms with E-state index in [-0.39, 0.29) is 11.6 Å². The smallest absolute Gasteiger partial charge is 0.430 e. The van der Waals surface area contributed by atoms with Gasteiger partial charge in [-0.15, -0.1) is 0 Å². The lowest BCUT2D eigenvalue weighted by Gasteiger charge is -2.35. The minimum atomic E-state index is -5.76. The number of ether oxygens (including phenoxy) is 3. The minimum absolute atomic E-state index is 0.00466. The molecular formula is C31H37F6NO3. The third-order valence-electron chi connectivity index (χ3n) is 7.42. The Labute approximate surface area is 238 Å². The van der Waals surface area contributed by atoms with Gasteiger partial charge in [0.1, 0.15) is 12.5 Å². The number of alkyl halides is 6. The fourth-order valence-electron chi connectivity index (χ4n) is 4.90. The first-order valence-electron chi connectivity index (χ1n) is 13.4. The zero-order chi connectivity index (χ0) is 30.9. The van der Waals surface area contributed by atoms with Crippen LogP contribution in [0, 0.1) is 20.4 Å². The second kappa shape index (κ2) is 14.2. The van der Waals surface area contributed by atoms with Gasteiger partial charge < -0.3 is 19.1 Å². The topological polar surface area (TPSA) is 32.0 Å². The number of methoxy groups -OCH3 is 1. The van der Waals surface area contributed by atoms with Crippen LogP contribution in [0.2, 0.25) is 0 Å². The maximum atomic E-state index is 13.7. The molecule has 0 saturated heterocycles. The van der Waals surface area contributed by atoms with E-state index in [1.54, 1.807) is 13.0 Å². The van der Waals surface area contributed by atoms with E-state index >= 15 is 0 Å². The van der Waals surface area contributed by atoms with Gasteiger partial charge in [-0.1, -0.05) is 50.3 Å². The predicted molar refractivity (Wildman–Crippen MR) is 147 cm³/mol. The zero-order valence-corrected chi connectivity index (χ0v) is 24.0. The highest BCUT2D eigenvalue weighted by atomic mass is 19.4. The van der Waals surface area contributed by atoms with Gasteiger partial charge in [0.2, 0.25) is 6.54 Å². The van der Waals surface area contributed by atoms with Gasteiger partial charge in [-0.2, -0.15) is 26.3 Å². The van der Waals surface area contributed by atoms with Crippen LogP contribution >= 0.6 is 0 Å². The average molecular weight is 586 g/mol. The molecule has 0 aliphatic rings. The molecule has 0 radical (unpaired) electrons. The van der Waals surface area contributed by atoms with Crippen molar-refractivity contribution in [2.75, 3.05) is 27.1 Å². The first-order valence-corrected chi connectivity index (χ1v) is 13.4. The number of halogens is 6. The Morgan fingerprint density at radius 3 is 1.93 bits per heavy atom. The van der Waals surface area contributed by atoms with E-state index in [1.807, 2.05) is 39.0 Å². The summed E-state index contributed by atoms with van der Waals surface area (Å²) < 4.78 is 96.7. The minimum Gasteiger partial charge on any atom is -0.493 e. The number of benzene rings is 2. The largest absolute Gasteiger partial charge is 0.493 e. The molecule has 4 nitrogen and oxygen atoms in total. The molecule has 0 spiro atoms. The molecule has 0 aromatic heterocycles. The summed E-state index contributed by atoms with van der Waals surface area (Å²) >= 11 is 0. The summed E-state index contributed by atoms with van der Waals surface area (Å²) in [7, 11) is 0.944. The number of rotatable bonds is 14. The molecule has 0 N–H and O–H groups in total. The molecule has 0 heterocycles. The zero-order valence-electron chi connectivity index (χ0n) is 24.0. The van der Waals surface area contributed by atoms with Crippen molar-refractivity contribution < 1.29 is 40.6 Å². The number of hydrogen-bond donors (Lipinski definition) is 0. The number of aryl methyl sites for hydroxylation is 2. The van der Waals surface area contributed by atoms with Crippen molar-refractivity contribution >= 4 is 6.08 Å². The van der Waals surface area contributed by atoms with E-state index in [2.05, 4.69) is 20.4 Å². The molecule has 10 heteroatoms. The first kappa shape index (κ1) is 34.2. The summed E-state index contributed by atoms with van der Waals surface area (Å²) in [6.45, 7) is 14.3. The van der Waals surface area contributed by atoms with Gasteiger partial charge in [0.25, 0.3) is 5.60 Å². The summed E-state index contributed by atoms with van der Waals surface area (Å²) in [5.41, 5.74) is -1.35. The van der Waals surface area contributed by atoms with Gasteiger partial charge in [0.15, 0.2) is 0 Å². The van der Waals surface area contributed by atoms with Crippen LogP contribution in [0.15, 0.2) is 42.5 Å². The predicted octanol–water partition coefficient (Wildman–Crippen LogP) is 8.98. The fourth-order valence-corrected chi connectivity index (χ4v) is 4.90. The molecule has 0 saturated carbocycles. The molecule has 0 aliphatic heterocycles. The maximum absolute atomic E-state index is 13.7. The Kier molecular flexibility index (Phi) is 11.9. The summed E-state index contributed by atoms with van der Waals surface area (Å²) in [6.07, 6.45) is -7.75. The lowest BCUT2D eigenvalue weighted by molar-refractivity contribution is -0.372. The van der Waals surface area contributed by atoms with Gasteiger partial charge in [-0.05, 0) is 73.1 Å². The highest BCUT2D eigenvalue weighted by Gasteiger charge is 2.71. The van der Waals surface area contributed by atoms with Gasteiger partial charge in [0, 0.05) is 18.9 Å². The third-order valence-corrected chi connectivity index (χ3v) is 7.42. The average Bonchev–Trinajstić information content (AvgIpc) is 2.90. The Bertz CT molecular complexity index is 1200. The molecule has 0 bridgehead atoms. The van der Waals surface area contributed by atoms with Crippen LogP contribution < -0.4 is 4.74 Å². The summed E-state index contributed by atoms with van der Waals surface area (Å²) in [6, 6.07) is 11.0. The number of hydrogen-bond acceptors (Lipinski definition) is 3. The molecule has 0 unspecified atom stereocenters. The van der Waals surface area contributed by atoms with Crippen LogP contribution in [0.5, 0.6) is 5.75 Å². The van der Waals surface area contributed by atoms with E-state index < -0.39 is 30.2 Å². The lowest BCUT2D eigenvalue weighted by atomic mass is 9.70. The summed E-state index contributed by atoms with van der Waals surface area (Å²) in [5.74, 6) is 0.753. The van der Waals surface area contributed by atoms with Crippen LogP contribution in [-0.2, 0) is 14.9 Å². The Morgan fingerprint density at radius 1 is 0.854 bits per heavy atom. The van der Waals surface area contributed by atoms with Crippen LogP contribution in [0.3, 0.4) is 0 Å². The van der Waals surface area contributed by atoms with Gasteiger partial charge in [-0.3, -0.25) is 0 Å². The van der Waals surface area contributed by atoms with Crippen molar-refractivity contribution in [2.45, 2.75) is 76.7 Å². The van der Waals surface area contributed by atoms with Crippen molar-refractivity contribution in [2.24, 2.45) is 0 Å². The third kappa shape index (κ3) is 7.63. The second-order valence-electron chi connectivity index (χ2n) is 9.89. The molecule has 2 rings (SSSR count). The Balaban J connectivity index is 2.45. The lowest BCUT2D eigenvalue weighted by Crippen LogP contribution is -2.57. The van der Waals surface area contributed by atoms with Crippen LogP contribution in [-0.4, -0.2) is 45.0 Å². The number of unbranched alkanes of at least 4 members (excludes halogenated alkanes) is 1. The monoisotopic (exact) mass is 585 g/mol. The van der Waals surface area contributed by atoms with Gasteiger partial charge in [-0.25, -0.2) is 6.57 Å². The Hall–Kier alpha value is -3.03. The summed E-state index contributed by atoms with van der Waals surface area (Å²) in [5, 5.41) is 0. The van der Waals surface area contributed by atoms with Crippen molar-refractivity contribution in [1.82, 2.24) is 0 Å². The highest BCUT2D eigenvalue weighted by Crippen LogP contribution is 2.47. The molecule has 0 atom stereocenters. The molecule has 226 valence electrons. The normalized spacial score (nSPS) is 13.0. The molecule has 2 aromatic rings. The first-order chi connectivity index (χ1) is 19.2. The molecule has 0 amide bonds. The second-order valence-corrected chi connectivity index (χ2v) is 9.89. The molecule has 0 fully saturated rings. The van der Waals surface area contributed by atoms with Gasteiger partial charge in [0.05, 0.1) is 6.61 Å². The Morgan fingerprint density at radius 2 is 1.44 bits per heavy atom. The molecular weight excluding hydrogens is 548 g/mol. The van der Waals surface area contributed by atoms with E-state index in [0.717, 1.165) is 48.5 Å². The molecule has 0 aliphatic carbocycles. The van der Waals surface area contributed by atoms with E-state index in [4.69, 9.17) is 11.3 Å². The van der Waals surface area contributed by atoms with Gasteiger partial charge >= 0.3 is 12.4 Å². The van der Waals surface area contributed by atoms with E-state index in [1.165, 1.54) is 6.07 Å². The quantitative estimate of drug-likeness (QED) is 0.0960. The van der Waals surface area contributed by atoms with Crippen LogP contribution in [0.1, 0.15) is 67.3 Å². The highest BCUT2D eigenvalue weighted by molar-refractivity contribution is 5.57. The molecule has 41 heavy (non-hydrogen) atoms. The number of nitrogens with zero attached hydrogens (tertiary/aromatic N) is 1.